The Bertz CT molecular complexity index is 401. The molecule has 0 radical (unpaired) electrons. The SMILES string of the molecule is COC(=O)C(Br)CN1CC(=O)N2CCCCC2C1=O. The van der Waals surface area contributed by atoms with Gasteiger partial charge in [-0.15, -0.1) is 0 Å². The van der Waals surface area contributed by atoms with Gasteiger partial charge in [-0.3, -0.25) is 14.4 Å². The average molecular weight is 333 g/mol. The Labute approximate surface area is 120 Å². The lowest BCUT2D eigenvalue weighted by molar-refractivity contribution is -0.158. The van der Waals surface area contributed by atoms with Crippen molar-refractivity contribution in [3.05, 3.63) is 0 Å². The third-order valence-electron chi connectivity index (χ3n) is 3.58. The predicted octanol–water partition coefficient (Wildman–Crippen LogP) is 0.146. The van der Waals surface area contributed by atoms with E-state index in [1.807, 2.05) is 0 Å². The maximum Gasteiger partial charge on any atom is 0.321 e. The molecule has 0 aliphatic carbocycles. The van der Waals surface area contributed by atoms with Gasteiger partial charge in [-0.25, -0.2) is 0 Å². The zero-order chi connectivity index (χ0) is 14.0. The number of ether oxygens (including phenoxy) is 1. The first-order valence-corrected chi connectivity index (χ1v) is 7.26. The minimum Gasteiger partial charge on any atom is -0.468 e. The van der Waals surface area contributed by atoms with Crippen molar-refractivity contribution in [3.63, 3.8) is 0 Å². The monoisotopic (exact) mass is 332 g/mol. The van der Waals surface area contributed by atoms with Crippen LogP contribution in [0.25, 0.3) is 0 Å². The fraction of sp³-hybridized carbons (Fsp3) is 0.750. The van der Waals surface area contributed by atoms with E-state index in [0.29, 0.717) is 13.0 Å². The van der Waals surface area contributed by atoms with E-state index in [0.717, 1.165) is 12.8 Å². The summed E-state index contributed by atoms with van der Waals surface area (Å²) in [4.78, 5) is 38.2. The smallest absolute Gasteiger partial charge is 0.321 e. The summed E-state index contributed by atoms with van der Waals surface area (Å²) in [6.07, 6.45) is 2.63. The number of carbonyl (C=O) groups is 3. The van der Waals surface area contributed by atoms with E-state index in [-0.39, 0.29) is 30.9 Å². The van der Waals surface area contributed by atoms with Gasteiger partial charge in [0.2, 0.25) is 11.8 Å². The number of piperidine rings is 1. The Hall–Kier alpha value is -1.11. The highest BCUT2D eigenvalue weighted by Crippen LogP contribution is 2.23. The fourth-order valence-corrected chi connectivity index (χ4v) is 3.12. The number of amides is 2. The summed E-state index contributed by atoms with van der Waals surface area (Å²) in [5.74, 6) is -0.534. The van der Waals surface area contributed by atoms with Crippen molar-refractivity contribution in [1.82, 2.24) is 9.80 Å². The van der Waals surface area contributed by atoms with E-state index in [9.17, 15) is 14.4 Å². The quantitative estimate of drug-likeness (QED) is 0.545. The third kappa shape index (κ3) is 2.91. The van der Waals surface area contributed by atoms with Crippen LogP contribution in [-0.2, 0) is 19.1 Å². The maximum absolute atomic E-state index is 12.3. The Morgan fingerprint density at radius 1 is 1.47 bits per heavy atom. The summed E-state index contributed by atoms with van der Waals surface area (Å²) in [7, 11) is 1.29. The van der Waals surface area contributed by atoms with Crippen LogP contribution in [0.3, 0.4) is 0 Å². The molecule has 2 aliphatic rings. The van der Waals surface area contributed by atoms with Gasteiger partial charge in [0.25, 0.3) is 0 Å². The van der Waals surface area contributed by atoms with Crippen LogP contribution < -0.4 is 0 Å². The highest BCUT2D eigenvalue weighted by atomic mass is 79.9. The summed E-state index contributed by atoms with van der Waals surface area (Å²) < 4.78 is 4.60. The molecule has 2 atom stereocenters. The average Bonchev–Trinajstić information content (AvgIpc) is 2.43. The molecule has 2 rings (SSSR count). The van der Waals surface area contributed by atoms with Crippen molar-refractivity contribution in [2.45, 2.75) is 30.1 Å². The first-order chi connectivity index (χ1) is 9.04. The van der Waals surface area contributed by atoms with Gasteiger partial charge in [-0.1, -0.05) is 15.9 Å². The molecule has 6 nitrogen and oxygen atoms in total. The molecule has 2 fully saturated rings. The Balaban J connectivity index is 2.04. The largest absolute Gasteiger partial charge is 0.468 e. The van der Waals surface area contributed by atoms with Gasteiger partial charge >= 0.3 is 5.97 Å². The van der Waals surface area contributed by atoms with E-state index in [4.69, 9.17) is 0 Å². The summed E-state index contributed by atoms with van der Waals surface area (Å²) in [6, 6.07) is -0.340. The van der Waals surface area contributed by atoms with Gasteiger partial charge in [-0.2, -0.15) is 0 Å². The molecule has 2 unspecified atom stereocenters. The van der Waals surface area contributed by atoms with Crippen molar-refractivity contribution in [2.24, 2.45) is 0 Å². The van der Waals surface area contributed by atoms with Crippen LogP contribution in [0.2, 0.25) is 0 Å². The number of esters is 1. The van der Waals surface area contributed by atoms with E-state index in [1.54, 1.807) is 4.90 Å². The molecule has 106 valence electrons. The Morgan fingerprint density at radius 3 is 2.89 bits per heavy atom. The van der Waals surface area contributed by atoms with Gasteiger partial charge in [-0.05, 0) is 19.3 Å². The lowest BCUT2D eigenvalue weighted by Crippen LogP contribution is -2.62. The summed E-state index contributed by atoms with van der Waals surface area (Å²) in [5, 5.41) is 0. The molecule has 0 spiro atoms. The second-order valence-corrected chi connectivity index (χ2v) is 5.91. The van der Waals surface area contributed by atoms with Gasteiger partial charge in [0, 0.05) is 13.1 Å². The molecule has 7 heteroatoms. The zero-order valence-electron chi connectivity index (χ0n) is 10.8. The fourth-order valence-electron chi connectivity index (χ4n) is 2.58. The summed E-state index contributed by atoms with van der Waals surface area (Å²) in [5.41, 5.74) is 0. The number of nitrogens with zero attached hydrogens (tertiary/aromatic N) is 2. The molecular weight excluding hydrogens is 316 g/mol. The van der Waals surface area contributed by atoms with Gasteiger partial charge < -0.3 is 14.5 Å². The number of carbonyl (C=O) groups excluding carboxylic acids is 3. The third-order valence-corrected chi connectivity index (χ3v) is 4.25. The normalized spacial score (nSPS) is 25.1. The van der Waals surface area contributed by atoms with E-state index in [1.165, 1.54) is 12.0 Å². The van der Waals surface area contributed by atoms with E-state index < -0.39 is 10.8 Å². The molecular formula is C12H17BrN2O4. The molecule has 0 saturated carbocycles. The highest BCUT2D eigenvalue weighted by molar-refractivity contribution is 9.10. The second-order valence-electron chi connectivity index (χ2n) is 4.81. The van der Waals surface area contributed by atoms with Crippen molar-refractivity contribution < 1.29 is 19.1 Å². The van der Waals surface area contributed by atoms with Crippen molar-refractivity contribution in [2.75, 3.05) is 26.7 Å². The molecule has 0 aromatic carbocycles. The Kier molecular flexibility index (Phi) is 4.44. The molecule has 0 N–H and O–H groups in total. The van der Waals surface area contributed by atoms with Gasteiger partial charge in [0.1, 0.15) is 10.9 Å². The van der Waals surface area contributed by atoms with Crippen LogP contribution in [0.1, 0.15) is 19.3 Å². The highest BCUT2D eigenvalue weighted by Gasteiger charge is 2.41. The van der Waals surface area contributed by atoms with Crippen molar-refractivity contribution >= 4 is 33.7 Å². The van der Waals surface area contributed by atoms with Crippen LogP contribution in [-0.4, -0.2) is 65.2 Å². The van der Waals surface area contributed by atoms with Crippen molar-refractivity contribution in [1.29, 1.82) is 0 Å². The topological polar surface area (TPSA) is 66.9 Å². The number of methoxy groups -OCH3 is 1. The molecule has 2 heterocycles. The molecule has 2 amide bonds. The molecule has 0 aromatic heterocycles. The number of halogens is 1. The number of alkyl halides is 1. The molecule has 2 saturated heterocycles. The maximum atomic E-state index is 12.3. The van der Waals surface area contributed by atoms with Crippen LogP contribution in [0.15, 0.2) is 0 Å². The number of fused-ring (bicyclic) bond motifs is 1. The lowest BCUT2D eigenvalue weighted by atomic mass is 9.98. The van der Waals surface area contributed by atoms with Crippen LogP contribution in [0.5, 0.6) is 0 Å². The van der Waals surface area contributed by atoms with Gasteiger partial charge in [0.15, 0.2) is 0 Å². The minimum absolute atomic E-state index is 0.0335. The van der Waals surface area contributed by atoms with E-state index >= 15 is 0 Å². The molecule has 0 aromatic rings. The lowest BCUT2D eigenvalue weighted by Gasteiger charge is -2.43. The number of hydrogen-bond donors (Lipinski definition) is 0. The van der Waals surface area contributed by atoms with Crippen molar-refractivity contribution in [3.8, 4) is 0 Å². The predicted molar refractivity (Wildman–Crippen MR) is 70.7 cm³/mol. The first-order valence-electron chi connectivity index (χ1n) is 6.34. The second kappa shape index (κ2) is 5.90. The number of piperazine rings is 1. The van der Waals surface area contributed by atoms with Crippen LogP contribution in [0.4, 0.5) is 0 Å². The minimum atomic E-state index is -0.593. The number of rotatable bonds is 3. The van der Waals surface area contributed by atoms with Crippen LogP contribution >= 0.6 is 15.9 Å². The Morgan fingerprint density at radius 2 is 2.21 bits per heavy atom. The van der Waals surface area contributed by atoms with E-state index in [2.05, 4.69) is 20.7 Å². The van der Waals surface area contributed by atoms with Gasteiger partial charge in [0.05, 0.1) is 13.7 Å². The standard InChI is InChI=1S/C12H17BrN2O4/c1-19-12(18)8(13)6-14-7-10(16)15-5-3-2-4-9(15)11(14)17/h8-9H,2-7H2,1H3. The zero-order valence-corrected chi connectivity index (χ0v) is 12.4. The summed E-state index contributed by atoms with van der Waals surface area (Å²) in [6.45, 7) is 0.883. The molecule has 0 bridgehead atoms. The number of hydrogen-bond acceptors (Lipinski definition) is 4. The first kappa shape index (κ1) is 14.3. The molecule has 19 heavy (non-hydrogen) atoms. The summed E-state index contributed by atoms with van der Waals surface area (Å²) >= 11 is 3.18. The molecule has 2 aliphatic heterocycles. The van der Waals surface area contributed by atoms with Crippen LogP contribution in [0, 0.1) is 0 Å².